The van der Waals surface area contributed by atoms with E-state index in [1.54, 1.807) is 4.90 Å². The fraction of sp³-hybridized carbons (Fsp3) is 0.846. The van der Waals surface area contributed by atoms with Gasteiger partial charge in [0.25, 0.3) is 0 Å². The Bertz CT molecular complexity index is 297. The lowest BCUT2D eigenvalue weighted by Gasteiger charge is -2.33. The highest BCUT2D eigenvalue weighted by molar-refractivity contribution is 5.79. The molecule has 1 atom stereocenters. The summed E-state index contributed by atoms with van der Waals surface area (Å²) in [5.74, 6) is -0.629. The van der Waals surface area contributed by atoms with Crippen molar-refractivity contribution in [2.45, 2.75) is 33.1 Å². The summed E-state index contributed by atoms with van der Waals surface area (Å²) in [5, 5.41) is 8.91. The Labute approximate surface area is 108 Å². The molecule has 0 aromatic heterocycles. The van der Waals surface area contributed by atoms with Crippen LogP contribution in [-0.4, -0.2) is 41.5 Å². The van der Waals surface area contributed by atoms with Crippen molar-refractivity contribution in [1.29, 1.82) is 0 Å². The van der Waals surface area contributed by atoms with E-state index in [4.69, 9.17) is 10.8 Å². The molecule has 104 valence electrons. The molecule has 1 fully saturated rings. The van der Waals surface area contributed by atoms with Crippen LogP contribution < -0.4 is 5.73 Å². The van der Waals surface area contributed by atoms with Gasteiger partial charge >= 0.3 is 5.97 Å². The summed E-state index contributed by atoms with van der Waals surface area (Å²) in [5.41, 5.74) is 5.66. The molecule has 1 rings (SSSR count). The Morgan fingerprint density at radius 2 is 1.89 bits per heavy atom. The number of nitrogens with zero attached hydrogens (tertiary/aromatic N) is 1. The number of hydrogen-bond acceptors (Lipinski definition) is 3. The van der Waals surface area contributed by atoms with Gasteiger partial charge in [0.2, 0.25) is 5.91 Å². The average Bonchev–Trinajstić information content (AvgIpc) is 2.35. The first-order valence-corrected chi connectivity index (χ1v) is 6.67. The van der Waals surface area contributed by atoms with Gasteiger partial charge in [0.15, 0.2) is 0 Å². The molecular weight excluding hydrogens is 232 g/mol. The van der Waals surface area contributed by atoms with E-state index in [9.17, 15) is 9.59 Å². The third-order valence-electron chi connectivity index (χ3n) is 3.55. The second-order valence-electron chi connectivity index (χ2n) is 5.50. The number of nitrogens with two attached hydrogens (primary N) is 1. The SMILES string of the molecule is CC(C)CC(CN)C(=O)N1CCC(C(=O)O)CC1. The fourth-order valence-corrected chi connectivity index (χ4v) is 2.47. The van der Waals surface area contributed by atoms with Gasteiger partial charge in [0, 0.05) is 19.6 Å². The Morgan fingerprint density at radius 3 is 2.28 bits per heavy atom. The molecule has 1 unspecified atom stereocenters. The molecule has 1 saturated heterocycles. The number of aliphatic carboxylic acids is 1. The Kier molecular flexibility index (Phi) is 5.59. The Balaban J connectivity index is 2.50. The van der Waals surface area contributed by atoms with E-state index in [2.05, 4.69) is 13.8 Å². The summed E-state index contributed by atoms with van der Waals surface area (Å²) in [6, 6.07) is 0. The number of amides is 1. The molecule has 0 aromatic carbocycles. The van der Waals surface area contributed by atoms with Crippen molar-refractivity contribution < 1.29 is 14.7 Å². The van der Waals surface area contributed by atoms with Gasteiger partial charge in [-0.25, -0.2) is 0 Å². The lowest BCUT2D eigenvalue weighted by molar-refractivity contribution is -0.146. The van der Waals surface area contributed by atoms with Gasteiger partial charge in [-0.05, 0) is 25.2 Å². The lowest BCUT2D eigenvalue weighted by Crippen LogP contribution is -2.45. The largest absolute Gasteiger partial charge is 0.481 e. The van der Waals surface area contributed by atoms with Crippen LogP contribution in [0.2, 0.25) is 0 Å². The van der Waals surface area contributed by atoms with E-state index in [0.29, 0.717) is 38.4 Å². The highest BCUT2D eigenvalue weighted by atomic mass is 16.4. The van der Waals surface area contributed by atoms with Crippen molar-refractivity contribution in [2.24, 2.45) is 23.5 Å². The second kappa shape index (κ2) is 6.73. The van der Waals surface area contributed by atoms with E-state index in [1.807, 2.05) is 0 Å². The molecule has 0 radical (unpaired) electrons. The second-order valence-corrected chi connectivity index (χ2v) is 5.50. The van der Waals surface area contributed by atoms with Gasteiger partial charge in [-0.1, -0.05) is 13.8 Å². The molecule has 1 heterocycles. The van der Waals surface area contributed by atoms with E-state index in [0.717, 1.165) is 6.42 Å². The van der Waals surface area contributed by atoms with E-state index < -0.39 is 5.97 Å². The molecule has 0 spiro atoms. The van der Waals surface area contributed by atoms with Crippen molar-refractivity contribution in [3.05, 3.63) is 0 Å². The summed E-state index contributed by atoms with van der Waals surface area (Å²) in [6.07, 6.45) is 1.91. The van der Waals surface area contributed by atoms with Crippen LogP contribution in [0.5, 0.6) is 0 Å². The maximum Gasteiger partial charge on any atom is 0.306 e. The first-order valence-electron chi connectivity index (χ1n) is 6.67. The third-order valence-corrected chi connectivity index (χ3v) is 3.55. The van der Waals surface area contributed by atoms with E-state index in [-0.39, 0.29) is 17.7 Å². The van der Waals surface area contributed by atoms with Crippen molar-refractivity contribution in [3.8, 4) is 0 Å². The number of rotatable bonds is 5. The van der Waals surface area contributed by atoms with Crippen LogP contribution in [0.3, 0.4) is 0 Å². The summed E-state index contributed by atoms with van der Waals surface area (Å²) in [7, 11) is 0. The molecule has 3 N–H and O–H groups in total. The minimum atomic E-state index is -0.750. The zero-order valence-corrected chi connectivity index (χ0v) is 11.3. The molecule has 1 aliphatic heterocycles. The van der Waals surface area contributed by atoms with Gasteiger partial charge in [-0.3, -0.25) is 9.59 Å². The Hall–Kier alpha value is -1.10. The normalized spacial score (nSPS) is 19.0. The van der Waals surface area contributed by atoms with Crippen LogP contribution in [0.15, 0.2) is 0 Å². The smallest absolute Gasteiger partial charge is 0.306 e. The summed E-state index contributed by atoms with van der Waals surface area (Å²) in [4.78, 5) is 24.9. The van der Waals surface area contributed by atoms with Gasteiger partial charge in [0.05, 0.1) is 11.8 Å². The van der Waals surface area contributed by atoms with Crippen molar-refractivity contribution in [2.75, 3.05) is 19.6 Å². The zero-order chi connectivity index (χ0) is 13.7. The molecule has 1 amide bonds. The maximum absolute atomic E-state index is 12.2. The molecule has 0 saturated carbocycles. The molecule has 5 nitrogen and oxygen atoms in total. The highest BCUT2D eigenvalue weighted by Gasteiger charge is 2.30. The molecular formula is C13H24N2O3. The van der Waals surface area contributed by atoms with Gasteiger partial charge in [0.1, 0.15) is 0 Å². The van der Waals surface area contributed by atoms with Crippen molar-refractivity contribution >= 4 is 11.9 Å². The van der Waals surface area contributed by atoms with Crippen LogP contribution in [0.4, 0.5) is 0 Å². The highest BCUT2D eigenvalue weighted by Crippen LogP contribution is 2.21. The first-order chi connectivity index (χ1) is 8.45. The van der Waals surface area contributed by atoms with E-state index >= 15 is 0 Å². The Morgan fingerprint density at radius 1 is 1.33 bits per heavy atom. The zero-order valence-electron chi connectivity index (χ0n) is 11.3. The van der Waals surface area contributed by atoms with E-state index in [1.165, 1.54) is 0 Å². The molecule has 0 bridgehead atoms. The van der Waals surface area contributed by atoms with Crippen LogP contribution in [-0.2, 0) is 9.59 Å². The number of hydrogen-bond donors (Lipinski definition) is 2. The molecule has 5 heteroatoms. The summed E-state index contributed by atoms with van der Waals surface area (Å²) < 4.78 is 0. The van der Waals surface area contributed by atoms with Gasteiger partial charge in [-0.15, -0.1) is 0 Å². The number of piperidine rings is 1. The molecule has 0 aliphatic carbocycles. The molecule has 0 aromatic rings. The van der Waals surface area contributed by atoms with Crippen LogP contribution in [0, 0.1) is 17.8 Å². The predicted molar refractivity (Wildman–Crippen MR) is 68.9 cm³/mol. The number of carboxylic acids is 1. The standard InChI is InChI=1S/C13H24N2O3/c1-9(2)7-11(8-14)12(16)15-5-3-10(4-6-15)13(17)18/h9-11H,3-8,14H2,1-2H3,(H,17,18). The quantitative estimate of drug-likeness (QED) is 0.766. The van der Waals surface area contributed by atoms with Crippen molar-refractivity contribution in [1.82, 2.24) is 4.90 Å². The predicted octanol–water partition coefficient (Wildman–Crippen LogP) is 0.931. The number of carbonyl (C=O) groups excluding carboxylic acids is 1. The minimum Gasteiger partial charge on any atom is -0.481 e. The van der Waals surface area contributed by atoms with Crippen molar-refractivity contribution in [3.63, 3.8) is 0 Å². The number of carbonyl (C=O) groups is 2. The summed E-state index contributed by atoms with van der Waals surface area (Å²) in [6.45, 7) is 5.61. The van der Waals surface area contributed by atoms with Gasteiger partial charge in [-0.2, -0.15) is 0 Å². The molecule has 18 heavy (non-hydrogen) atoms. The lowest BCUT2D eigenvalue weighted by atomic mass is 9.92. The van der Waals surface area contributed by atoms with Gasteiger partial charge < -0.3 is 15.7 Å². The third kappa shape index (κ3) is 3.98. The topological polar surface area (TPSA) is 83.6 Å². The fourth-order valence-electron chi connectivity index (χ4n) is 2.47. The monoisotopic (exact) mass is 256 g/mol. The first kappa shape index (κ1) is 15.0. The maximum atomic E-state index is 12.2. The van der Waals surface area contributed by atoms with Crippen LogP contribution in [0.25, 0.3) is 0 Å². The average molecular weight is 256 g/mol. The minimum absolute atomic E-state index is 0.0926. The number of carboxylic acid groups (broad SMARTS) is 1. The van der Waals surface area contributed by atoms with Crippen LogP contribution in [0.1, 0.15) is 33.1 Å². The molecule has 1 aliphatic rings. The number of likely N-dealkylation sites (tertiary alicyclic amines) is 1. The van der Waals surface area contributed by atoms with Crippen LogP contribution >= 0.6 is 0 Å². The summed E-state index contributed by atoms with van der Waals surface area (Å²) >= 11 is 0.